The first-order valence-electron chi connectivity index (χ1n) is 7.53. The number of hydrogen-bond donors (Lipinski definition) is 2. The molecule has 1 unspecified atom stereocenters. The van der Waals surface area contributed by atoms with Crippen molar-refractivity contribution in [1.82, 2.24) is 15.5 Å². The van der Waals surface area contributed by atoms with E-state index in [4.69, 9.17) is 0 Å². The normalized spacial score (nSPS) is 21.0. The highest BCUT2D eigenvalue weighted by atomic mass is 16.2. The van der Waals surface area contributed by atoms with Crippen molar-refractivity contribution in [3.63, 3.8) is 0 Å². The quantitative estimate of drug-likeness (QED) is 0.841. The molecule has 5 heteroatoms. The molecule has 0 radical (unpaired) electrons. The Morgan fingerprint density at radius 1 is 1.38 bits per heavy atom. The van der Waals surface area contributed by atoms with Crippen LogP contribution in [0.25, 0.3) is 0 Å². The zero-order valence-electron chi connectivity index (χ0n) is 12.3. The minimum atomic E-state index is -0.0301. The van der Waals surface area contributed by atoms with Gasteiger partial charge in [0.05, 0.1) is 0 Å². The van der Waals surface area contributed by atoms with Gasteiger partial charge in [0.1, 0.15) is 0 Å². The average molecular weight is 287 g/mol. The molecule has 112 valence electrons. The van der Waals surface area contributed by atoms with Crippen molar-refractivity contribution < 1.29 is 9.59 Å². The Labute approximate surface area is 124 Å². The number of amides is 2. The molecule has 0 spiro atoms. The topological polar surface area (TPSA) is 61.4 Å². The molecule has 2 N–H and O–H groups in total. The van der Waals surface area contributed by atoms with Crippen LogP contribution in [0.2, 0.25) is 0 Å². The van der Waals surface area contributed by atoms with Gasteiger partial charge in [0.2, 0.25) is 5.91 Å². The van der Waals surface area contributed by atoms with E-state index in [2.05, 4.69) is 16.7 Å². The van der Waals surface area contributed by atoms with E-state index in [-0.39, 0.29) is 17.9 Å². The first-order valence-corrected chi connectivity index (χ1v) is 7.53. The van der Waals surface area contributed by atoms with Crippen LogP contribution in [-0.4, -0.2) is 42.4 Å². The van der Waals surface area contributed by atoms with Gasteiger partial charge in [0.15, 0.2) is 0 Å². The maximum Gasteiger partial charge on any atom is 0.254 e. The van der Waals surface area contributed by atoms with Crippen molar-refractivity contribution >= 4 is 11.8 Å². The molecule has 1 aromatic rings. The molecule has 3 rings (SSSR count). The summed E-state index contributed by atoms with van der Waals surface area (Å²) in [6.07, 6.45) is 1.74. The third kappa shape index (κ3) is 2.93. The second-order valence-electron chi connectivity index (χ2n) is 5.81. The number of nitrogens with zero attached hydrogens (tertiary/aromatic N) is 1. The Balaban J connectivity index is 1.76. The molecule has 1 saturated heterocycles. The van der Waals surface area contributed by atoms with Crippen LogP contribution >= 0.6 is 0 Å². The summed E-state index contributed by atoms with van der Waals surface area (Å²) in [5.74, 6) is 0.0686. The summed E-state index contributed by atoms with van der Waals surface area (Å²) in [4.78, 5) is 25.7. The van der Waals surface area contributed by atoms with E-state index in [0.717, 1.165) is 31.5 Å². The number of carbonyl (C=O) groups is 2. The second kappa shape index (κ2) is 5.85. The molecule has 0 aliphatic carbocycles. The highest BCUT2D eigenvalue weighted by Gasteiger charge is 2.29. The van der Waals surface area contributed by atoms with Crippen molar-refractivity contribution in [3.05, 3.63) is 34.9 Å². The Bertz CT molecular complexity index is 571. The molecule has 21 heavy (non-hydrogen) atoms. The standard InChI is InChI=1S/C16H21N3O2/c1-11(20)18-13-6-8-19(10-13)16(21)15-4-2-3-12-9-17-7-5-14(12)15/h2-4,13,17H,5-10H2,1H3,(H,18,20). The molecular formula is C16H21N3O2. The van der Waals surface area contributed by atoms with E-state index >= 15 is 0 Å². The van der Waals surface area contributed by atoms with Crippen LogP contribution in [0, 0.1) is 0 Å². The monoisotopic (exact) mass is 287 g/mol. The van der Waals surface area contributed by atoms with E-state index < -0.39 is 0 Å². The van der Waals surface area contributed by atoms with E-state index in [9.17, 15) is 9.59 Å². The van der Waals surface area contributed by atoms with Gasteiger partial charge in [-0.2, -0.15) is 0 Å². The zero-order chi connectivity index (χ0) is 14.8. The lowest BCUT2D eigenvalue weighted by Crippen LogP contribution is -2.38. The number of carbonyl (C=O) groups excluding carboxylic acids is 2. The van der Waals surface area contributed by atoms with Crippen LogP contribution < -0.4 is 10.6 Å². The van der Waals surface area contributed by atoms with Crippen LogP contribution in [0.5, 0.6) is 0 Å². The van der Waals surface area contributed by atoms with Crippen molar-refractivity contribution in [2.75, 3.05) is 19.6 Å². The summed E-state index contributed by atoms with van der Waals surface area (Å²) in [6.45, 7) is 4.61. The first-order chi connectivity index (χ1) is 10.1. The third-order valence-corrected chi connectivity index (χ3v) is 4.25. The van der Waals surface area contributed by atoms with Crippen molar-refractivity contribution in [2.24, 2.45) is 0 Å². The lowest BCUT2D eigenvalue weighted by Gasteiger charge is -2.23. The molecule has 2 aliphatic rings. The Morgan fingerprint density at radius 2 is 2.24 bits per heavy atom. The molecule has 2 amide bonds. The smallest absolute Gasteiger partial charge is 0.254 e. The van der Waals surface area contributed by atoms with Crippen LogP contribution in [0.15, 0.2) is 18.2 Å². The molecule has 0 bridgehead atoms. The van der Waals surface area contributed by atoms with Crippen LogP contribution in [0.4, 0.5) is 0 Å². The van der Waals surface area contributed by atoms with Gasteiger partial charge in [-0.15, -0.1) is 0 Å². The van der Waals surface area contributed by atoms with Gasteiger partial charge in [-0.25, -0.2) is 0 Å². The van der Waals surface area contributed by atoms with Gasteiger partial charge in [-0.05, 0) is 36.6 Å². The molecule has 1 atom stereocenters. The van der Waals surface area contributed by atoms with Crippen molar-refractivity contribution in [2.45, 2.75) is 32.4 Å². The van der Waals surface area contributed by atoms with Gasteiger partial charge in [-0.3, -0.25) is 9.59 Å². The fourth-order valence-corrected chi connectivity index (χ4v) is 3.25. The minimum absolute atomic E-state index is 0.0301. The average Bonchev–Trinajstić information content (AvgIpc) is 2.93. The van der Waals surface area contributed by atoms with E-state index in [0.29, 0.717) is 13.1 Å². The number of benzene rings is 1. The number of hydrogen-bond acceptors (Lipinski definition) is 3. The second-order valence-corrected chi connectivity index (χ2v) is 5.81. The van der Waals surface area contributed by atoms with Gasteiger partial charge in [-0.1, -0.05) is 12.1 Å². The van der Waals surface area contributed by atoms with Gasteiger partial charge >= 0.3 is 0 Å². The molecule has 0 saturated carbocycles. The Hall–Kier alpha value is -1.88. The fourth-order valence-electron chi connectivity index (χ4n) is 3.25. The molecule has 1 aromatic carbocycles. The van der Waals surface area contributed by atoms with Crippen LogP contribution in [-0.2, 0) is 17.8 Å². The summed E-state index contributed by atoms with van der Waals surface area (Å²) in [7, 11) is 0. The predicted octanol–water partition coefficient (Wildman–Crippen LogP) is 0.683. The zero-order valence-corrected chi connectivity index (χ0v) is 12.3. The summed E-state index contributed by atoms with van der Waals surface area (Å²) < 4.78 is 0. The van der Waals surface area contributed by atoms with Gasteiger partial charge in [0.25, 0.3) is 5.91 Å². The molecule has 2 heterocycles. The summed E-state index contributed by atoms with van der Waals surface area (Å²) in [5.41, 5.74) is 3.24. The Kier molecular flexibility index (Phi) is 3.92. The predicted molar refractivity (Wildman–Crippen MR) is 80.0 cm³/mol. The first kappa shape index (κ1) is 14.1. The number of fused-ring (bicyclic) bond motifs is 1. The summed E-state index contributed by atoms with van der Waals surface area (Å²) in [6, 6.07) is 6.06. The molecule has 5 nitrogen and oxygen atoms in total. The van der Waals surface area contributed by atoms with Crippen LogP contribution in [0.1, 0.15) is 34.8 Å². The number of rotatable bonds is 2. The van der Waals surface area contributed by atoms with Crippen LogP contribution in [0.3, 0.4) is 0 Å². The Morgan fingerprint density at radius 3 is 3.05 bits per heavy atom. The van der Waals surface area contributed by atoms with Gasteiger partial charge in [0, 0.05) is 38.2 Å². The number of likely N-dealkylation sites (tertiary alicyclic amines) is 1. The summed E-state index contributed by atoms with van der Waals surface area (Å²) in [5, 5.41) is 6.23. The summed E-state index contributed by atoms with van der Waals surface area (Å²) >= 11 is 0. The van der Waals surface area contributed by atoms with E-state index in [1.54, 1.807) is 0 Å². The van der Waals surface area contributed by atoms with E-state index in [1.165, 1.54) is 18.1 Å². The molecule has 2 aliphatic heterocycles. The molecular weight excluding hydrogens is 266 g/mol. The lowest BCUT2D eigenvalue weighted by atomic mass is 9.95. The maximum atomic E-state index is 12.7. The maximum absolute atomic E-state index is 12.7. The van der Waals surface area contributed by atoms with Crippen molar-refractivity contribution in [3.8, 4) is 0 Å². The third-order valence-electron chi connectivity index (χ3n) is 4.25. The number of nitrogens with one attached hydrogen (secondary N) is 2. The molecule has 0 aromatic heterocycles. The minimum Gasteiger partial charge on any atom is -0.352 e. The highest BCUT2D eigenvalue weighted by molar-refractivity contribution is 5.96. The molecule has 1 fully saturated rings. The largest absolute Gasteiger partial charge is 0.352 e. The fraction of sp³-hybridized carbons (Fsp3) is 0.500. The lowest BCUT2D eigenvalue weighted by molar-refractivity contribution is -0.119. The van der Waals surface area contributed by atoms with Crippen molar-refractivity contribution in [1.29, 1.82) is 0 Å². The van der Waals surface area contributed by atoms with Gasteiger partial charge < -0.3 is 15.5 Å². The SMILES string of the molecule is CC(=O)NC1CCN(C(=O)c2cccc3c2CCNC3)C1. The van der Waals surface area contributed by atoms with E-state index in [1.807, 2.05) is 17.0 Å². The highest BCUT2D eigenvalue weighted by Crippen LogP contribution is 2.22.